The lowest BCUT2D eigenvalue weighted by Crippen LogP contribution is -2.52. The monoisotopic (exact) mass is 370 g/mol. The maximum atomic E-state index is 12.6. The summed E-state index contributed by atoms with van der Waals surface area (Å²) < 4.78 is 7.65. The Bertz CT molecular complexity index is 773. The molecule has 2 heterocycles. The molecule has 2 atom stereocenters. The maximum absolute atomic E-state index is 12.6. The Kier molecular flexibility index (Phi) is 6.24. The van der Waals surface area contributed by atoms with Gasteiger partial charge in [-0.2, -0.15) is 0 Å². The number of aryl methyl sites for hydroxylation is 1. The van der Waals surface area contributed by atoms with Gasteiger partial charge in [0.1, 0.15) is 12.4 Å². The van der Waals surface area contributed by atoms with Gasteiger partial charge in [-0.3, -0.25) is 9.59 Å². The van der Waals surface area contributed by atoms with E-state index in [1.54, 1.807) is 6.20 Å². The van der Waals surface area contributed by atoms with Crippen molar-refractivity contribution >= 4 is 11.8 Å². The number of ether oxygens (including phenoxy) is 1. The van der Waals surface area contributed by atoms with Gasteiger partial charge < -0.3 is 19.9 Å². The Morgan fingerprint density at radius 1 is 1.37 bits per heavy atom. The van der Waals surface area contributed by atoms with Gasteiger partial charge in [0.05, 0.1) is 6.04 Å². The first kappa shape index (κ1) is 19.1. The average molecular weight is 370 g/mol. The van der Waals surface area contributed by atoms with Gasteiger partial charge in [0, 0.05) is 31.4 Å². The van der Waals surface area contributed by atoms with Crippen molar-refractivity contribution in [1.82, 2.24) is 20.2 Å². The SMILES string of the molecule is CC(C)c1nccn1CCCNC(=O)[C@H]1OCC(=O)N[C@@H]1c1ccccc1. The summed E-state index contributed by atoms with van der Waals surface area (Å²) in [7, 11) is 0. The zero-order chi connectivity index (χ0) is 19.2. The minimum Gasteiger partial charge on any atom is -0.356 e. The first-order chi connectivity index (χ1) is 13.1. The van der Waals surface area contributed by atoms with Crippen LogP contribution < -0.4 is 10.6 Å². The van der Waals surface area contributed by atoms with Crippen molar-refractivity contribution in [3.8, 4) is 0 Å². The molecule has 0 radical (unpaired) electrons. The molecule has 1 fully saturated rings. The highest BCUT2D eigenvalue weighted by atomic mass is 16.5. The molecule has 1 saturated heterocycles. The van der Waals surface area contributed by atoms with E-state index in [2.05, 4.69) is 34.0 Å². The van der Waals surface area contributed by atoms with Crippen molar-refractivity contribution in [3.05, 3.63) is 54.1 Å². The lowest BCUT2D eigenvalue weighted by molar-refractivity contribution is -0.148. The topological polar surface area (TPSA) is 85.2 Å². The molecule has 0 bridgehead atoms. The van der Waals surface area contributed by atoms with E-state index in [4.69, 9.17) is 4.74 Å². The fourth-order valence-electron chi connectivity index (χ4n) is 3.27. The predicted molar refractivity (Wildman–Crippen MR) is 101 cm³/mol. The first-order valence-electron chi connectivity index (χ1n) is 9.31. The molecule has 7 heteroatoms. The van der Waals surface area contributed by atoms with Crippen molar-refractivity contribution in [1.29, 1.82) is 0 Å². The standard InChI is InChI=1S/C20H26N4O3/c1-14(2)19-21-10-12-24(19)11-6-9-22-20(26)18-17(23-16(25)13-27-18)15-7-4-3-5-8-15/h3-5,7-8,10,12,14,17-18H,6,9,11,13H2,1-2H3,(H,22,26)(H,23,25)/t17-,18+/m1/s1. The van der Waals surface area contributed by atoms with Crippen LogP contribution in [0.2, 0.25) is 0 Å². The fourth-order valence-corrected chi connectivity index (χ4v) is 3.27. The summed E-state index contributed by atoms with van der Waals surface area (Å²) in [5.41, 5.74) is 0.852. The molecule has 1 aliphatic heterocycles. The number of morpholine rings is 1. The number of carbonyl (C=O) groups excluding carboxylic acids is 2. The third-order valence-electron chi connectivity index (χ3n) is 4.57. The summed E-state index contributed by atoms with van der Waals surface area (Å²) in [4.78, 5) is 28.7. The zero-order valence-corrected chi connectivity index (χ0v) is 15.7. The molecule has 7 nitrogen and oxygen atoms in total. The van der Waals surface area contributed by atoms with Crippen LogP contribution in [0.5, 0.6) is 0 Å². The molecular weight excluding hydrogens is 344 g/mol. The van der Waals surface area contributed by atoms with Crippen LogP contribution >= 0.6 is 0 Å². The lowest BCUT2D eigenvalue weighted by atomic mass is 9.99. The van der Waals surface area contributed by atoms with Crippen molar-refractivity contribution < 1.29 is 14.3 Å². The van der Waals surface area contributed by atoms with Gasteiger partial charge in [-0.1, -0.05) is 44.2 Å². The zero-order valence-electron chi connectivity index (χ0n) is 15.7. The molecule has 2 amide bonds. The lowest BCUT2D eigenvalue weighted by Gasteiger charge is -2.31. The highest BCUT2D eigenvalue weighted by Crippen LogP contribution is 2.22. The summed E-state index contributed by atoms with van der Waals surface area (Å²) in [5.74, 6) is 0.983. The van der Waals surface area contributed by atoms with Gasteiger partial charge in [-0.05, 0) is 12.0 Å². The number of hydrogen-bond acceptors (Lipinski definition) is 4. The third kappa shape index (κ3) is 4.74. The van der Waals surface area contributed by atoms with Crippen LogP contribution in [0.15, 0.2) is 42.7 Å². The Balaban J connectivity index is 1.54. The summed E-state index contributed by atoms with van der Waals surface area (Å²) in [6.45, 7) is 5.44. The minimum atomic E-state index is -0.732. The number of hydrogen-bond donors (Lipinski definition) is 2. The molecule has 0 aliphatic carbocycles. The van der Waals surface area contributed by atoms with Gasteiger partial charge in [-0.15, -0.1) is 0 Å². The van der Waals surface area contributed by atoms with E-state index >= 15 is 0 Å². The van der Waals surface area contributed by atoms with Crippen molar-refractivity contribution in [3.63, 3.8) is 0 Å². The number of nitrogens with zero attached hydrogens (tertiary/aromatic N) is 2. The largest absolute Gasteiger partial charge is 0.356 e. The number of nitrogens with one attached hydrogen (secondary N) is 2. The molecule has 1 aromatic heterocycles. The molecule has 0 unspecified atom stereocenters. The Morgan fingerprint density at radius 2 is 2.15 bits per heavy atom. The number of amides is 2. The van der Waals surface area contributed by atoms with Crippen LogP contribution in [-0.2, 0) is 20.9 Å². The maximum Gasteiger partial charge on any atom is 0.251 e. The second-order valence-corrected chi connectivity index (χ2v) is 6.97. The average Bonchev–Trinajstić information content (AvgIpc) is 3.14. The summed E-state index contributed by atoms with van der Waals surface area (Å²) >= 11 is 0. The number of carbonyl (C=O) groups is 2. The molecule has 2 aromatic rings. The van der Waals surface area contributed by atoms with E-state index in [9.17, 15) is 9.59 Å². The summed E-state index contributed by atoms with van der Waals surface area (Å²) in [6, 6.07) is 8.93. The molecular formula is C20H26N4O3. The van der Waals surface area contributed by atoms with Crippen LogP contribution in [0.25, 0.3) is 0 Å². The van der Waals surface area contributed by atoms with Crippen LogP contribution in [0.3, 0.4) is 0 Å². The van der Waals surface area contributed by atoms with Gasteiger partial charge >= 0.3 is 0 Å². The number of rotatable bonds is 7. The van der Waals surface area contributed by atoms with Crippen LogP contribution in [-0.4, -0.2) is 40.6 Å². The molecule has 144 valence electrons. The van der Waals surface area contributed by atoms with Crippen LogP contribution in [0.1, 0.15) is 43.6 Å². The second-order valence-electron chi connectivity index (χ2n) is 6.97. The number of imidazole rings is 1. The van der Waals surface area contributed by atoms with E-state index in [-0.39, 0.29) is 18.4 Å². The van der Waals surface area contributed by atoms with E-state index in [1.807, 2.05) is 36.5 Å². The van der Waals surface area contributed by atoms with Gasteiger partial charge in [0.15, 0.2) is 6.10 Å². The van der Waals surface area contributed by atoms with E-state index < -0.39 is 12.1 Å². The third-order valence-corrected chi connectivity index (χ3v) is 4.57. The van der Waals surface area contributed by atoms with E-state index in [0.29, 0.717) is 12.5 Å². The molecule has 2 N–H and O–H groups in total. The smallest absolute Gasteiger partial charge is 0.251 e. The molecule has 1 aliphatic rings. The number of aromatic nitrogens is 2. The summed E-state index contributed by atoms with van der Waals surface area (Å²) in [5, 5.41) is 5.79. The second kappa shape index (κ2) is 8.81. The minimum absolute atomic E-state index is 0.103. The van der Waals surface area contributed by atoms with Crippen molar-refractivity contribution in [2.45, 2.75) is 44.9 Å². The molecule has 0 spiro atoms. The molecule has 0 saturated carbocycles. The predicted octanol–water partition coefficient (Wildman–Crippen LogP) is 1.77. The highest BCUT2D eigenvalue weighted by Gasteiger charge is 2.35. The summed E-state index contributed by atoms with van der Waals surface area (Å²) in [6.07, 6.45) is 3.82. The highest BCUT2D eigenvalue weighted by molar-refractivity contribution is 5.86. The van der Waals surface area contributed by atoms with E-state index in [1.165, 1.54) is 0 Å². The van der Waals surface area contributed by atoms with Gasteiger partial charge in [-0.25, -0.2) is 4.98 Å². The van der Waals surface area contributed by atoms with E-state index in [0.717, 1.165) is 24.4 Å². The van der Waals surface area contributed by atoms with Gasteiger partial charge in [0.2, 0.25) is 5.91 Å². The Labute approximate surface area is 159 Å². The normalized spacial score (nSPS) is 19.7. The quantitative estimate of drug-likeness (QED) is 0.728. The van der Waals surface area contributed by atoms with Crippen molar-refractivity contribution in [2.24, 2.45) is 0 Å². The van der Waals surface area contributed by atoms with Crippen LogP contribution in [0.4, 0.5) is 0 Å². The molecule has 1 aromatic carbocycles. The molecule has 27 heavy (non-hydrogen) atoms. The number of benzene rings is 1. The Hall–Kier alpha value is -2.67. The van der Waals surface area contributed by atoms with Crippen molar-refractivity contribution in [2.75, 3.05) is 13.2 Å². The molecule has 3 rings (SSSR count). The van der Waals surface area contributed by atoms with Crippen LogP contribution in [0, 0.1) is 0 Å². The van der Waals surface area contributed by atoms with Gasteiger partial charge in [0.25, 0.3) is 5.91 Å². The fraction of sp³-hybridized carbons (Fsp3) is 0.450. The first-order valence-corrected chi connectivity index (χ1v) is 9.31. The Morgan fingerprint density at radius 3 is 2.89 bits per heavy atom.